The average Bonchev–Trinajstić information content (AvgIpc) is 2.00. The molecule has 0 saturated carbocycles. The molecule has 6 heteroatoms. The summed E-state index contributed by atoms with van der Waals surface area (Å²) in [7, 11) is 1.07. The van der Waals surface area contributed by atoms with Gasteiger partial charge in [-0.15, -0.1) is 0 Å². The van der Waals surface area contributed by atoms with Gasteiger partial charge < -0.3 is 20.1 Å². The summed E-state index contributed by atoms with van der Waals surface area (Å²) < 4.78 is 4.08. The van der Waals surface area contributed by atoms with Gasteiger partial charge in [-0.1, -0.05) is 0 Å². The molecule has 0 radical (unpaired) electrons. The van der Waals surface area contributed by atoms with Gasteiger partial charge in [-0.25, -0.2) is 9.59 Å². The van der Waals surface area contributed by atoms with Gasteiger partial charge >= 0.3 is 11.9 Å². The molecular formula is C6H8O6. The lowest BCUT2D eigenvalue weighted by Crippen LogP contribution is -2.35. The highest BCUT2D eigenvalue weighted by atomic mass is 16.5. The van der Waals surface area contributed by atoms with Crippen molar-refractivity contribution in [1.82, 2.24) is 0 Å². The molecule has 0 saturated heterocycles. The molecule has 0 unspecified atom stereocenters. The fourth-order valence-corrected chi connectivity index (χ4v) is 0.324. The predicted molar refractivity (Wildman–Crippen MR) is 36.0 cm³/mol. The van der Waals surface area contributed by atoms with E-state index in [9.17, 15) is 9.59 Å². The second-order valence-corrected chi connectivity index (χ2v) is 1.89. The van der Waals surface area contributed by atoms with Crippen LogP contribution < -0.4 is 0 Å². The third kappa shape index (κ3) is 3.13. The van der Waals surface area contributed by atoms with Crippen LogP contribution in [-0.2, 0) is 14.3 Å². The van der Waals surface area contributed by atoms with Crippen LogP contribution in [0.25, 0.3) is 0 Å². The third-order valence-electron chi connectivity index (χ3n) is 0.968. The molecular weight excluding hydrogens is 168 g/mol. The first-order chi connectivity index (χ1) is 5.40. The average molecular weight is 176 g/mol. The summed E-state index contributed by atoms with van der Waals surface area (Å²) in [6, 6.07) is 0. The Morgan fingerprint density at radius 1 is 1.42 bits per heavy atom. The monoisotopic (exact) mass is 176 g/mol. The number of carbonyl (C=O) groups excluding carboxylic acids is 1. The van der Waals surface area contributed by atoms with Crippen LogP contribution >= 0.6 is 0 Å². The van der Waals surface area contributed by atoms with Gasteiger partial charge in [-0.3, -0.25) is 0 Å². The minimum Gasteiger partial charge on any atom is -0.477 e. The molecule has 0 aromatic carbocycles. The Morgan fingerprint density at radius 2 is 1.92 bits per heavy atom. The summed E-state index contributed by atoms with van der Waals surface area (Å²) in [5, 5.41) is 25.3. The number of hydrogen-bond donors (Lipinski definition) is 3. The number of hydrogen-bond acceptors (Lipinski definition) is 5. The zero-order valence-electron chi connectivity index (χ0n) is 6.22. The number of carboxylic acid groups (broad SMARTS) is 1. The van der Waals surface area contributed by atoms with Crippen LogP contribution in [-0.4, -0.2) is 40.2 Å². The molecule has 0 amide bonds. The zero-order chi connectivity index (χ0) is 9.78. The molecule has 3 N–H and O–H groups in total. The van der Waals surface area contributed by atoms with Crippen molar-refractivity contribution in [3.8, 4) is 0 Å². The summed E-state index contributed by atoms with van der Waals surface area (Å²) in [6.07, 6.45) is 1.01. The molecule has 0 aromatic heterocycles. The smallest absolute Gasteiger partial charge is 0.368 e. The topological polar surface area (TPSA) is 104 Å². The lowest BCUT2D eigenvalue weighted by Gasteiger charge is -2.09. The number of carbonyl (C=O) groups is 2. The number of esters is 1. The van der Waals surface area contributed by atoms with Gasteiger partial charge in [0.25, 0.3) is 5.79 Å². The minimum atomic E-state index is -3.03. The molecule has 6 nitrogen and oxygen atoms in total. The van der Waals surface area contributed by atoms with Crippen molar-refractivity contribution in [2.75, 3.05) is 7.11 Å². The summed E-state index contributed by atoms with van der Waals surface area (Å²) in [4.78, 5) is 20.4. The van der Waals surface area contributed by atoms with E-state index in [4.69, 9.17) is 15.3 Å². The fraction of sp³-hybridized carbons (Fsp3) is 0.333. The summed E-state index contributed by atoms with van der Waals surface area (Å²) in [5.41, 5.74) is 0. The van der Waals surface area contributed by atoms with Gasteiger partial charge in [-0.2, -0.15) is 0 Å². The third-order valence-corrected chi connectivity index (χ3v) is 0.968. The van der Waals surface area contributed by atoms with Crippen LogP contribution in [0.3, 0.4) is 0 Å². The van der Waals surface area contributed by atoms with E-state index >= 15 is 0 Å². The van der Waals surface area contributed by atoms with Gasteiger partial charge in [0.15, 0.2) is 0 Å². The molecule has 12 heavy (non-hydrogen) atoms. The largest absolute Gasteiger partial charge is 0.477 e. The molecule has 0 aliphatic carbocycles. The van der Waals surface area contributed by atoms with Crippen molar-refractivity contribution in [2.45, 2.75) is 5.79 Å². The van der Waals surface area contributed by atoms with Crippen molar-refractivity contribution in [1.29, 1.82) is 0 Å². The Hall–Kier alpha value is -1.40. The second-order valence-electron chi connectivity index (χ2n) is 1.89. The van der Waals surface area contributed by atoms with Crippen molar-refractivity contribution in [3.63, 3.8) is 0 Å². The van der Waals surface area contributed by atoms with Gasteiger partial charge in [-0.05, 0) is 6.08 Å². The number of aliphatic carboxylic acids is 1. The van der Waals surface area contributed by atoms with Gasteiger partial charge in [0, 0.05) is 6.08 Å². The summed E-state index contributed by atoms with van der Waals surface area (Å²) >= 11 is 0. The Labute approximate surface area is 67.7 Å². The molecule has 0 heterocycles. The fourth-order valence-electron chi connectivity index (χ4n) is 0.324. The summed E-state index contributed by atoms with van der Waals surface area (Å²) in [6.45, 7) is 0. The standard InChI is InChI=1S/C6H8O6/c1-12-4(7)2-3-6(10,11)5(8)9/h2-3,10-11H,1H3,(H,8,9)/b3-2+. The number of methoxy groups -OCH3 is 1. The highest BCUT2D eigenvalue weighted by molar-refractivity contribution is 5.84. The van der Waals surface area contributed by atoms with E-state index in [0.29, 0.717) is 12.2 Å². The SMILES string of the molecule is COC(=O)/C=C/C(O)(O)C(=O)O. The molecule has 0 aliphatic heterocycles. The van der Waals surface area contributed by atoms with Crippen molar-refractivity contribution >= 4 is 11.9 Å². The van der Waals surface area contributed by atoms with E-state index in [1.54, 1.807) is 0 Å². The highest BCUT2D eigenvalue weighted by Gasteiger charge is 2.29. The number of aliphatic hydroxyl groups is 2. The lowest BCUT2D eigenvalue weighted by atomic mass is 10.2. The zero-order valence-corrected chi connectivity index (χ0v) is 6.22. The van der Waals surface area contributed by atoms with Crippen LogP contribution in [0.4, 0.5) is 0 Å². The van der Waals surface area contributed by atoms with Crippen LogP contribution in [0, 0.1) is 0 Å². The lowest BCUT2D eigenvalue weighted by molar-refractivity contribution is -0.186. The Balaban J connectivity index is 4.33. The quantitative estimate of drug-likeness (QED) is 0.274. The molecule has 0 bridgehead atoms. The van der Waals surface area contributed by atoms with E-state index in [0.717, 1.165) is 7.11 Å². The molecule has 0 fully saturated rings. The normalized spacial score (nSPS) is 11.6. The first-order valence-electron chi connectivity index (χ1n) is 2.85. The number of carboxylic acids is 1. The first-order valence-corrected chi connectivity index (χ1v) is 2.85. The maximum atomic E-state index is 10.4. The molecule has 68 valence electrons. The van der Waals surface area contributed by atoms with E-state index in [1.807, 2.05) is 0 Å². The van der Waals surface area contributed by atoms with E-state index in [-0.39, 0.29) is 0 Å². The van der Waals surface area contributed by atoms with E-state index < -0.39 is 17.7 Å². The maximum absolute atomic E-state index is 10.4. The molecule has 0 spiro atoms. The van der Waals surface area contributed by atoms with Gasteiger partial charge in [0.2, 0.25) is 0 Å². The van der Waals surface area contributed by atoms with Gasteiger partial charge in [0.05, 0.1) is 7.11 Å². The van der Waals surface area contributed by atoms with Crippen LogP contribution in [0.15, 0.2) is 12.2 Å². The highest BCUT2D eigenvalue weighted by Crippen LogP contribution is 2.01. The Morgan fingerprint density at radius 3 is 2.25 bits per heavy atom. The molecule has 0 atom stereocenters. The molecule has 0 rings (SSSR count). The first kappa shape index (κ1) is 10.6. The van der Waals surface area contributed by atoms with Crippen LogP contribution in [0.5, 0.6) is 0 Å². The van der Waals surface area contributed by atoms with Crippen LogP contribution in [0.2, 0.25) is 0 Å². The Bertz CT molecular complexity index is 216. The number of ether oxygens (including phenoxy) is 1. The second kappa shape index (κ2) is 3.84. The van der Waals surface area contributed by atoms with Crippen LogP contribution in [0.1, 0.15) is 0 Å². The number of rotatable bonds is 3. The van der Waals surface area contributed by atoms with E-state index in [2.05, 4.69) is 4.74 Å². The Kier molecular flexibility index (Phi) is 3.39. The minimum absolute atomic E-state index is 0.404. The summed E-state index contributed by atoms with van der Waals surface area (Å²) in [5.74, 6) is -5.78. The van der Waals surface area contributed by atoms with Crippen molar-refractivity contribution in [3.05, 3.63) is 12.2 Å². The van der Waals surface area contributed by atoms with Gasteiger partial charge in [0.1, 0.15) is 0 Å². The predicted octanol–water partition coefficient (Wildman–Crippen LogP) is -1.52. The van der Waals surface area contributed by atoms with Crippen molar-refractivity contribution in [2.24, 2.45) is 0 Å². The molecule has 0 aromatic rings. The maximum Gasteiger partial charge on any atom is 0.368 e. The van der Waals surface area contributed by atoms with E-state index in [1.165, 1.54) is 0 Å². The van der Waals surface area contributed by atoms with Crippen molar-refractivity contribution < 1.29 is 29.6 Å². The molecule has 0 aliphatic rings.